The third kappa shape index (κ3) is 2.51. The zero-order chi connectivity index (χ0) is 15.5. The van der Waals surface area contributed by atoms with Crippen molar-refractivity contribution in [2.45, 2.75) is 0 Å². The van der Waals surface area contributed by atoms with Crippen molar-refractivity contribution in [3.8, 4) is 5.75 Å². The van der Waals surface area contributed by atoms with E-state index in [1.54, 1.807) is 13.2 Å². The van der Waals surface area contributed by atoms with Crippen LogP contribution in [0.25, 0.3) is 10.9 Å². The van der Waals surface area contributed by atoms with E-state index in [0.717, 1.165) is 5.69 Å². The van der Waals surface area contributed by atoms with Crippen LogP contribution in [0.3, 0.4) is 0 Å². The van der Waals surface area contributed by atoms with Crippen molar-refractivity contribution >= 4 is 28.1 Å². The predicted octanol–water partition coefficient (Wildman–Crippen LogP) is 3.29. The minimum absolute atomic E-state index is 0.00891. The van der Waals surface area contributed by atoms with Crippen molar-refractivity contribution in [3.63, 3.8) is 0 Å². The summed E-state index contributed by atoms with van der Waals surface area (Å²) in [5, 5.41) is 14.6. The minimum atomic E-state index is -0.445. The van der Waals surface area contributed by atoms with Crippen LogP contribution >= 0.6 is 0 Å². The van der Waals surface area contributed by atoms with Crippen molar-refractivity contribution in [2.24, 2.45) is 0 Å². The Balaban J connectivity index is 2.10. The van der Waals surface area contributed by atoms with Gasteiger partial charge in [0.25, 0.3) is 5.69 Å². The van der Waals surface area contributed by atoms with Crippen LogP contribution in [0.1, 0.15) is 0 Å². The number of fused-ring (bicyclic) bond motifs is 1. The summed E-state index contributed by atoms with van der Waals surface area (Å²) in [6.07, 6.45) is 1.41. The van der Waals surface area contributed by atoms with E-state index < -0.39 is 4.92 Å². The molecule has 22 heavy (non-hydrogen) atoms. The molecule has 7 heteroatoms. The Hall–Kier alpha value is -3.22. The van der Waals surface area contributed by atoms with Crippen LogP contribution in [0.15, 0.2) is 48.8 Å². The normalized spacial score (nSPS) is 10.4. The highest BCUT2D eigenvalue weighted by atomic mass is 16.6. The van der Waals surface area contributed by atoms with E-state index in [2.05, 4.69) is 15.3 Å². The first-order valence-corrected chi connectivity index (χ1v) is 6.48. The second-order valence-corrected chi connectivity index (χ2v) is 4.51. The molecule has 0 amide bonds. The summed E-state index contributed by atoms with van der Waals surface area (Å²) in [6.45, 7) is 0. The summed E-state index contributed by atoms with van der Waals surface area (Å²) in [6, 6.07) is 11.8. The maximum Gasteiger partial charge on any atom is 0.270 e. The van der Waals surface area contributed by atoms with Gasteiger partial charge < -0.3 is 10.1 Å². The van der Waals surface area contributed by atoms with E-state index in [0.29, 0.717) is 22.5 Å². The molecule has 7 nitrogen and oxygen atoms in total. The van der Waals surface area contributed by atoms with Crippen LogP contribution in [0.4, 0.5) is 17.2 Å². The smallest absolute Gasteiger partial charge is 0.270 e. The summed E-state index contributed by atoms with van der Waals surface area (Å²) >= 11 is 0. The molecule has 1 N–H and O–H groups in total. The Kier molecular flexibility index (Phi) is 3.53. The van der Waals surface area contributed by atoms with Crippen LogP contribution in [0.2, 0.25) is 0 Å². The first-order chi connectivity index (χ1) is 10.7. The topological polar surface area (TPSA) is 90.2 Å². The predicted molar refractivity (Wildman–Crippen MR) is 82.5 cm³/mol. The number of hydrogen-bond donors (Lipinski definition) is 1. The Morgan fingerprint density at radius 1 is 1.18 bits per heavy atom. The number of nitrogens with one attached hydrogen (secondary N) is 1. The number of methoxy groups -OCH3 is 1. The van der Waals surface area contributed by atoms with E-state index in [-0.39, 0.29) is 5.69 Å². The van der Waals surface area contributed by atoms with E-state index in [1.165, 1.54) is 18.5 Å². The molecule has 0 spiro atoms. The van der Waals surface area contributed by atoms with E-state index in [4.69, 9.17) is 4.74 Å². The SMILES string of the molecule is COc1ccccc1Nc1ncnc2ccc([N+](=O)[O-])cc12. The Bertz CT molecular complexity index is 851. The number of non-ortho nitro benzene ring substituents is 1. The van der Waals surface area contributed by atoms with Crippen molar-refractivity contribution in [1.82, 2.24) is 9.97 Å². The molecule has 1 aromatic heterocycles. The highest BCUT2D eigenvalue weighted by Crippen LogP contribution is 2.30. The van der Waals surface area contributed by atoms with Crippen LogP contribution in [0.5, 0.6) is 5.75 Å². The lowest BCUT2D eigenvalue weighted by Crippen LogP contribution is -1.98. The molecule has 0 aliphatic carbocycles. The van der Waals surface area contributed by atoms with Gasteiger partial charge in [-0.3, -0.25) is 10.1 Å². The zero-order valence-electron chi connectivity index (χ0n) is 11.7. The quantitative estimate of drug-likeness (QED) is 0.587. The van der Waals surface area contributed by atoms with Crippen LogP contribution < -0.4 is 10.1 Å². The second-order valence-electron chi connectivity index (χ2n) is 4.51. The van der Waals surface area contributed by atoms with Gasteiger partial charge in [0.1, 0.15) is 17.9 Å². The van der Waals surface area contributed by atoms with E-state index in [1.807, 2.05) is 24.3 Å². The second kappa shape index (κ2) is 5.65. The summed E-state index contributed by atoms with van der Waals surface area (Å²) in [7, 11) is 1.57. The number of ether oxygens (including phenoxy) is 1. The zero-order valence-corrected chi connectivity index (χ0v) is 11.7. The fourth-order valence-corrected chi connectivity index (χ4v) is 2.13. The molecule has 0 saturated carbocycles. The van der Waals surface area contributed by atoms with Crippen molar-refractivity contribution < 1.29 is 9.66 Å². The van der Waals surface area contributed by atoms with Gasteiger partial charge in [-0.05, 0) is 18.2 Å². The number of nitro groups is 1. The molecule has 0 fully saturated rings. The summed E-state index contributed by atoms with van der Waals surface area (Å²) in [5.74, 6) is 1.14. The van der Waals surface area contributed by atoms with Crippen molar-refractivity contribution in [2.75, 3.05) is 12.4 Å². The number of benzene rings is 2. The number of hydrogen-bond acceptors (Lipinski definition) is 6. The van der Waals surface area contributed by atoms with Gasteiger partial charge in [-0.2, -0.15) is 0 Å². The molecule has 0 aliphatic heterocycles. The van der Waals surface area contributed by atoms with Gasteiger partial charge in [0.05, 0.1) is 23.2 Å². The summed E-state index contributed by atoms with van der Waals surface area (Å²) in [5.41, 5.74) is 1.33. The van der Waals surface area contributed by atoms with Gasteiger partial charge in [0.2, 0.25) is 0 Å². The molecule has 2 aromatic carbocycles. The molecule has 0 radical (unpaired) electrons. The summed E-state index contributed by atoms with van der Waals surface area (Å²) in [4.78, 5) is 18.8. The molecule has 0 atom stereocenters. The third-order valence-electron chi connectivity index (χ3n) is 3.19. The Morgan fingerprint density at radius 3 is 2.77 bits per heavy atom. The maximum absolute atomic E-state index is 10.9. The highest BCUT2D eigenvalue weighted by molar-refractivity contribution is 5.92. The number of anilines is 2. The van der Waals surface area contributed by atoms with Crippen molar-refractivity contribution in [3.05, 3.63) is 58.9 Å². The lowest BCUT2D eigenvalue weighted by molar-refractivity contribution is -0.384. The lowest BCUT2D eigenvalue weighted by Gasteiger charge is -2.11. The molecule has 1 heterocycles. The van der Waals surface area contributed by atoms with Crippen LogP contribution in [-0.4, -0.2) is 22.0 Å². The lowest BCUT2D eigenvalue weighted by atomic mass is 10.2. The first-order valence-electron chi connectivity index (χ1n) is 6.48. The number of aromatic nitrogens is 2. The number of nitrogens with zero attached hydrogens (tertiary/aromatic N) is 3. The van der Waals surface area contributed by atoms with Gasteiger partial charge in [-0.15, -0.1) is 0 Å². The van der Waals surface area contributed by atoms with Gasteiger partial charge in [-0.1, -0.05) is 12.1 Å². The monoisotopic (exact) mass is 296 g/mol. The highest BCUT2D eigenvalue weighted by Gasteiger charge is 2.12. The fourth-order valence-electron chi connectivity index (χ4n) is 2.13. The average molecular weight is 296 g/mol. The van der Waals surface area contributed by atoms with Gasteiger partial charge in [-0.25, -0.2) is 9.97 Å². The molecule has 0 saturated heterocycles. The van der Waals surface area contributed by atoms with E-state index >= 15 is 0 Å². The van der Waals surface area contributed by atoms with E-state index in [9.17, 15) is 10.1 Å². The van der Waals surface area contributed by atoms with Crippen molar-refractivity contribution in [1.29, 1.82) is 0 Å². The Morgan fingerprint density at radius 2 is 2.00 bits per heavy atom. The van der Waals surface area contributed by atoms with Gasteiger partial charge in [0.15, 0.2) is 0 Å². The maximum atomic E-state index is 10.9. The minimum Gasteiger partial charge on any atom is -0.495 e. The number of rotatable bonds is 4. The largest absolute Gasteiger partial charge is 0.495 e. The molecule has 3 aromatic rings. The molecular formula is C15H12N4O3. The van der Waals surface area contributed by atoms with Gasteiger partial charge in [0, 0.05) is 17.5 Å². The van der Waals surface area contributed by atoms with Crippen LogP contribution in [0, 0.1) is 10.1 Å². The van der Waals surface area contributed by atoms with Crippen LogP contribution in [-0.2, 0) is 0 Å². The molecular weight excluding hydrogens is 284 g/mol. The molecule has 0 bridgehead atoms. The molecule has 3 rings (SSSR count). The fraction of sp³-hybridized carbons (Fsp3) is 0.0667. The van der Waals surface area contributed by atoms with Gasteiger partial charge >= 0.3 is 0 Å². The third-order valence-corrected chi connectivity index (χ3v) is 3.19. The average Bonchev–Trinajstić information content (AvgIpc) is 2.55. The molecule has 110 valence electrons. The number of para-hydroxylation sites is 2. The molecule has 0 aliphatic rings. The summed E-state index contributed by atoms with van der Waals surface area (Å²) < 4.78 is 5.28. The standard InChI is InChI=1S/C15H12N4O3/c1-22-14-5-3-2-4-13(14)18-15-11-8-10(19(20)21)6-7-12(11)16-9-17-15/h2-9H,1H3,(H,16,17,18). The Labute approximate surface area is 125 Å². The number of nitro benzene ring substituents is 1. The first kappa shape index (κ1) is 13.7. The molecule has 0 unspecified atom stereocenters.